The van der Waals surface area contributed by atoms with Gasteiger partial charge in [0.05, 0.1) is 6.54 Å². The van der Waals surface area contributed by atoms with Crippen molar-refractivity contribution >= 4 is 11.9 Å². The molecule has 1 aliphatic carbocycles. The molecular weight excluding hydrogens is 228 g/mol. The number of guanidine groups is 2. The van der Waals surface area contributed by atoms with Crippen molar-refractivity contribution in [2.45, 2.75) is 25.2 Å². The SMILES string of the molecule is NC(=NCC1CC1)N=C(N)N1CCC(F)(F)C1. The Hall–Kier alpha value is -1.40. The van der Waals surface area contributed by atoms with Gasteiger partial charge in [0.25, 0.3) is 5.92 Å². The van der Waals surface area contributed by atoms with Gasteiger partial charge in [-0.2, -0.15) is 4.99 Å². The molecule has 2 aliphatic rings. The minimum absolute atomic E-state index is 0.0271. The first kappa shape index (κ1) is 12.1. The minimum Gasteiger partial charge on any atom is -0.369 e. The molecule has 0 unspecified atom stereocenters. The number of hydrogen-bond donors (Lipinski definition) is 2. The van der Waals surface area contributed by atoms with Crippen molar-refractivity contribution in [3.8, 4) is 0 Å². The Bertz CT molecular complexity index is 349. The Morgan fingerprint density at radius 1 is 1.35 bits per heavy atom. The van der Waals surface area contributed by atoms with Gasteiger partial charge in [-0.15, -0.1) is 0 Å². The predicted molar refractivity (Wildman–Crippen MR) is 62.0 cm³/mol. The van der Waals surface area contributed by atoms with Crippen LogP contribution in [0.25, 0.3) is 0 Å². The van der Waals surface area contributed by atoms with Crippen molar-refractivity contribution in [3.63, 3.8) is 0 Å². The van der Waals surface area contributed by atoms with Gasteiger partial charge in [-0.3, -0.25) is 4.99 Å². The van der Waals surface area contributed by atoms with E-state index in [1.807, 2.05) is 0 Å². The van der Waals surface area contributed by atoms with Gasteiger partial charge in [0.15, 0.2) is 5.96 Å². The van der Waals surface area contributed by atoms with E-state index in [9.17, 15) is 8.78 Å². The number of alkyl halides is 2. The molecule has 1 saturated heterocycles. The third-order valence-corrected chi connectivity index (χ3v) is 2.93. The van der Waals surface area contributed by atoms with Crippen molar-refractivity contribution in [2.75, 3.05) is 19.6 Å². The van der Waals surface area contributed by atoms with Crippen LogP contribution >= 0.6 is 0 Å². The summed E-state index contributed by atoms with van der Waals surface area (Å²) in [6.07, 6.45) is 2.16. The lowest BCUT2D eigenvalue weighted by Crippen LogP contribution is -2.38. The molecule has 1 saturated carbocycles. The Labute approximate surface area is 98.6 Å². The number of likely N-dealkylation sites (tertiary alicyclic amines) is 1. The van der Waals surface area contributed by atoms with E-state index >= 15 is 0 Å². The Morgan fingerprint density at radius 3 is 2.59 bits per heavy atom. The zero-order chi connectivity index (χ0) is 12.5. The molecule has 0 aromatic carbocycles. The summed E-state index contributed by atoms with van der Waals surface area (Å²) in [6.45, 7) is 0.468. The van der Waals surface area contributed by atoms with Crippen molar-refractivity contribution in [1.82, 2.24) is 4.90 Å². The molecule has 96 valence electrons. The molecule has 1 aliphatic heterocycles. The molecule has 7 heteroatoms. The third kappa shape index (κ3) is 3.54. The zero-order valence-electron chi connectivity index (χ0n) is 9.57. The molecule has 1 heterocycles. The number of aliphatic imine (C=N–C) groups is 2. The van der Waals surface area contributed by atoms with E-state index in [1.165, 1.54) is 17.7 Å². The molecule has 0 atom stereocenters. The Balaban J connectivity index is 1.89. The maximum atomic E-state index is 12.9. The van der Waals surface area contributed by atoms with E-state index in [0.717, 1.165) is 0 Å². The average Bonchev–Trinajstić information content (AvgIpc) is 2.99. The lowest BCUT2D eigenvalue weighted by molar-refractivity contribution is 0.0175. The first-order valence-corrected chi connectivity index (χ1v) is 5.73. The lowest BCUT2D eigenvalue weighted by Gasteiger charge is -2.16. The van der Waals surface area contributed by atoms with Gasteiger partial charge in [0, 0.05) is 19.5 Å². The van der Waals surface area contributed by atoms with Gasteiger partial charge < -0.3 is 16.4 Å². The fourth-order valence-electron chi connectivity index (χ4n) is 1.68. The molecule has 5 nitrogen and oxygen atoms in total. The van der Waals surface area contributed by atoms with Crippen molar-refractivity contribution in [2.24, 2.45) is 27.4 Å². The first-order valence-electron chi connectivity index (χ1n) is 5.73. The monoisotopic (exact) mass is 245 g/mol. The molecule has 0 spiro atoms. The van der Waals surface area contributed by atoms with Crippen LogP contribution in [0.1, 0.15) is 19.3 Å². The largest absolute Gasteiger partial charge is 0.369 e. The van der Waals surface area contributed by atoms with Crippen molar-refractivity contribution < 1.29 is 8.78 Å². The average molecular weight is 245 g/mol. The quantitative estimate of drug-likeness (QED) is 0.544. The molecule has 0 aromatic heterocycles. The van der Waals surface area contributed by atoms with Gasteiger partial charge in [-0.1, -0.05) is 0 Å². The molecule has 2 fully saturated rings. The van der Waals surface area contributed by atoms with Gasteiger partial charge in [0.2, 0.25) is 5.96 Å². The van der Waals surface area contributed by atoms with E-state index in [-0.39, 0.29) is 24.9 Å². The second kappa shape index (κ2) is 4.46. The van der Waals surface area contributed by atoms with Crippen molar-refractivity contribution in [3.05, 3.63) is 0 Å². The fraction of sp³-hybridized carbons (Fsp3) is 0.800. The number of hydrogen-bond acceptors (Lipinski definition) is 1. The highest BCUT2D eigenvalue weighted by molar-refractivity contribution is 5.93. The summed E-state index contributed by atoms with van der Waals surface area (Å²) in [5.41, 5.74) is 11.2. The summed E-state index contributed by atoms with van der Waals surface area (Å²) in [5, 5.41) is 0. The predicted octanol–water partition coefficient (Wildman–Crippen LogP) is 0.367. The van der Waals surface area contributed by atoms with Crippen LogP contribution in [0.3, 0.4) is 0 Å². The third-order valence-electron chi connectivity index (χ3n) is 2.93. The van der Waals surface area contributed by atoms with Gasteiger partial charge in [-0.05, 0) is 18.8 Å². The highest BCUT2D eigenvalue weighted by atomic mass is 19.3. The maximum absolute atomic E-state index is 12.9. The van der Waals surface area contributed by atoms with Crippen LogP contribution in [0, 0.1) is 5.92 Å². The second-order valence-corrected chi connectivity index (χ2v) is 4.64. The zero-order valence-corrected chi connectivity index (χ0v) is 9.57. The summed E-state index contributed by atoms with van der Waals surface area (Å²) < 4.78 is 25.9. The van der Waals surface area contributed by atoms with Crippen LogP contribution in [0.4, 0.5) is 8.78 Å². The van der Waals surface area contributed by atoms with Gasteiger partial charge in [0.1, 0.15) is 0 Å². The van der Waals surface area contributed by atoms with Crippen LogP contribution < -0.4 is 11.5 Å². The number of rotatable bonds is 2. The highest BCUT2D eigenvalue weighted by Crippen LogP contribution is 2.29. The summed E-state index contributed by atoms with van der Waals surface area (Å²) >= 11 is 0. The Morgan fingerprint density at radius 2 is 2.06 bits per heavy atom. The maximum Gasteiger partial charge on any atom is 0.267 e. The highest BCUT2D eigenvalue weighted by Gasteiger charge is 2.39. The summed E-state index contributed by atoms with van der Waals surface area (Å²) in [4.78, 5) is 9.22. The van der Waals surface area contributed by atoms with E-state index in [1.54, 1.807) is 0 Å². The summed E-state index contributed by atoms with van der Waals surface area (Å²) in [6, 6.07) is 0. The van der Waals surface area contributed by atoms with Crippen LogP contribution in [0.2, 0.25) is 0 Å². The lowest BCUT2D eigenvalue weighted by atomic mass is 10.3. The molecular formula is C10H17F2N5. The minimum atomic E-state index is -2.68. The fourth-order valence-corrected chi connectivity index (χ4v) is 1.68. The van der Waals surface area contributed by atoms with E-state index < -0.39 is 12.5 Å². The molecule has 17 heavy (non-hydrogen) atoms. The molecule has 0 amide bonds. The molecule has 0 radical (unpaired) electrons. The summed E-state index contributed by atoms with van der Waals surface area (Å²) in [7, 11) is 0. The first-order chi connectivity index (χ1) is 7.96. The summed E-state index contributed by atoms with van der Waals surface area (Å²) in [5.74, 6) is -1.97. The van der Waals surface area contributed by atoms with Crippen LogP contribution in [0.15, 0.2) is 9.98 Å². The van der Waals surface area contributed by atoms with Gasteiger partial charge >= 0.3 is 0 Å². The van der Waals surface area contributed by atoms with E-state index in [4.69, 9.17) is 11.5 Å². The van der Waals surface area contributed by atoms with Crippen LogP contribution in [-0.2, 0) is 0 Å². The number of nitrogens with two attached hydrogens (primary N) is 2. The smallest absolute Gasteiger partial charge is 0.267 e. The normalized spacial score (nSPS) is 25.4. The number of nitrogens with zero attached hydrogens (tertiary/aromatic N) is 3. The van der Waals surface area contributed by atoms with Crippen molar-refractivity contribution in [1.29, 1.82) is 0 Å². The molecule has 2 rings (SSSR count). The molecule has 0 aromatic rings. The molecule has 4 N–H and O–H groups in total. The number of halogens is 2. The van der Waals surface area contributed by atoms with Gasteiger partial charge in [-0.25, -0.2) is 8.78 Å². The topological polar surface area (TPSA) is 80.0 Å². The Kier molecular flexibility index (Phi) is 3.17. The van der Waals surface area contributed by atoms with Crippen LogP contribution in [0.5, 0.6) is 0 Å². The van der Waals surface area contributed by atoms with Crippen LogP contribution in [-0.4, -0.2) is 42.4 Å². The van der Waals surface area contributed by atoms with E-state index in [0.29, 0.717) is 12.5 Å². The second-order valence-electron chi connectivity index (χ2n) is 4.64. The van der Waals surface area contributed by atoms with E-state index in [2.05, 4.69) is 9.98 Å². The standard InChI is InChI=1S/C10H17F2N5/c11-10(12)3-4-17(6-10)9(14)16-8(13)15-5-7-1-2-7/h7H,1-6H2,(H4,13,14,15,16). The molecule has 0 bridgehead atoms.